The number of thiol groups is 1. The van der Waals surface area contributed by atoms with Crippen molar-refractivity contribution in [3.05, 3.63) is 0 Å². The van der Waals surface area contributed by atoms with Gasteiger partial charge in [-0.05, 0) is 18.8 Å². The summed E-state index contributed by atoms with van der Waals surface area (Å²) < 4.78 is 22.9. The van der Waals surface area contributed by atoms with Gasteiger partial charge in [-0.2, -0.15) is 4.31 Å². The molecule has 0 bridgehead atoms. The highest BCUT2D eigenvalue weighted by Crippen LogP contribution is 2.36. The second-order valence-corrected chi connectivity index (χ2v) is 5.14. The van der Waals surface area contributed by atoms with Crippen LogP contribution in [-0.4, -0.2) is 31.1 Å². The minimum Gasteiger partial charge on any atom is -0.298 e. The standard InChI is InChI=1S/C8H15NO3S/c1-6(10)7-8(2,3)4-5-9(7)13(11)12/h7,13H,4-5H2,1-3H3. The van der Waals surface area contributed by atoms with Crippen LogP contribution >= 0.6 is 0 Å². The van der Waals surface area contributed by atoms with Crippen LogP contribution in [0.15, 0.2) is 0 Å². The molecule has 1 saturated heterocycles. The van der Waals surface area contributed by atoms with Crippen molar-refractivity contribution in [3.63, 3.8) is 0 Å². The third-order valence-corrected chi connectivity index (χ3v) is 3.47. The number of rotatable bonds is 2. The van der Waals surface area contributed by atoms with Crippen molar-refractivity contribution >= 4 is 16.7 Å². The summed E-state index contributed by atoms with van der Waals surface area (Å²) in [5, 5.41) is 0. The van der Waals surface area contributed by atoms with Gasteiger partial charge in [0.15, 0.2) is 0 Å². The summed E-state index contributed by atoms with van der Waals surface area (Å²) in [6, 6.07) is -0.464. The second kappa shape index (κ2) is 3.38. The Bertz CT molecular complexity index is 288. The zero-order chi connectivity index (χ0) is 10.2. The number of ketones is 1. The molecule has 0 N–H and O–H groups in total. The molecule has 1 atom stereocenters. The Morgan fingerprint density at radius 1 is 1.46 bits per heavy atom. The molecule has 76 valence electrons. The van der Waals surface area contributed by atoms with Crippen molar-refractivity contribution in [1.29, 1.82) is 0 Å². The van der Waals surface area contributed by atoms with Crippen LogP contribution in [0.4, 0.5) is 0 Å². The molecule has 0 radical (unpaired) electrons. The van der Waals surface area contributed by atoms with Crippen molar-refractivity contribution in [2.45, 2.75) is 33.2 Å². The van der Waals surface area contributed by atoms with E-state index in [0.717, 1.165) is 6.42 Å². The first-order chi connectivity index (χ1) is 5.86. The normalized spacial score (nSPS) is 28.2. The Kier molecular flexibility index (Phi) is 2.77. The Morgan fingerprint density at radius 2 is 2.00 bits per heavy atom. The molecule has 0 saturated carbocycles. The monoisotopic (exact) mass is 205 g/mol. The van der Waals surface area contributed by atoms with Crippen molar-refractivity contribution in [3.8, 4) is 0 Å². The molecule has 13 heavy (non-hydrogen) atoms. The van der Waals surface area contributed by atoms with Gasteiger partial charge in [-0.25, -0.2) is 8.42 Å². The molecule has 0 aromatic rings. The van der Waals surface area contributed by atoms with E-state index in [9.17, 15) is 13.2 Å². The van der Waals surface area contributed by atoms with Crippen molar-refractivity contribution in [1.82, 2.24) is 4.31 Å². The molecule has 1 rings (SSSR count). The van der Waals surface area contributed by atoms with Gasteiger partial charge in [-0.15, -0.1) is 0 Å². The molecule has 5 heteroatoms. The van der Waals surface area contributed by atoms with Crippen LogP contribution in [0.3, 0.4) is 0 Å². The lowest BCUT2D eigenvalue weighted by atomic mass is 9.83. The number of carbonyl (C=O) groups is 1. The number of Topliss-reactive ketones (excluding diaryl/α,β-unsaturated/α-hetero) is 1. The summed E-state index contributed by atoms with van der Waals surface area (Å²) in [6.45, 7) is 5.77. The van der Waals surface area contributed by atoms with E-state index in [-0.39, 0.29) is 11.2 Å². The fraction of sp³-hybridized carbons (Fsp3) is 0.875. The van der Waals surface area contributed by atoms with Gasteiger partial charge < -0.3 is 0 Å². The van der Waals surface area contributed by atoms with Crippen molar-refractivity contribution < 1.29 is 13.2 Å². The molecular weight excluding hydrogens is 190 g/mol. The van der Waals surface area contributed by atoms with Crippen LogP contribution < -0.4 is 0 Å². The number of hydrogen-bond donors (Lipinski definition) is 1. The summed E-state index contributed by atoms with van der Waals surface area (Å²) in [4.78, 5) is 11.3. The maximum Gasteiger partial charge on any atom is 0.204 e. The Morgan fingerprint density at radius 3 is 2.31 bits per heavy atom. The predicted octanol–water partition coefficient (Wildman–Crippen LogP) is 0.202. The van der Waals surface area contributed by atoms with E-state index in [1.165, 1.54) is 11.2 Å². The first-order valence-corrected chi connectivity index (χ1v) is 5.40. The van der Waals surface area contributed by atoms with Gasteiger partial charge in [0.1, 0.15) is 5.78 Å². The summed E-state index contributed by atoms with van der Waals surface area (Å²) >= 11 is 0. The molecule has 0 aromatic carbocycles. The molecule has 1 aliphatic rings. The van der Waals surface area contributed by atoms with E-state index in [1.54, 1.807) is 0 Å². The highest BCUT2D eigenvalue weighted by molar-refractivity contribution is 7.69. The summed E-state index contributed by atoms with van der Waals surface area (Å²) in [5.74, 6) is -0.0679. The fourth-order valence-corrected chi connectivity index (χ4v) is 2.94. The number of hydrogen-bond acceptors (Lipinski definition) is 3. The maximum atomic E-state index is 11.3. The van der Waals surface area contributed by atoms with Crippen LogP contribution in [-0.2, 0) is 15.7 Å². The molecule has 1 aliphatic heterocycles. The first-order valence-electron chi connectivity index (χ1n) is 4.27. The zero-order valence-electron chi connectivity index (χ0n) is 8.11. The molecule has 1 heterocycles. The van der Waals surface area contributed by atoms with E-state index < -0.39 is 16.9 Å². The molecule has 1 unspecified atom stereocenters. The quantitative estimate of drug-likeness (QED) is 0.655. The molecule has 0 amide bonds. The molecular formula is C8H15NO3S. The topological polar surface area (TPSA) is 54.5 Å². The third-order valence-electron chi connectivity index (χ3n) is 2.62. The zero-order valence-corrected chi connectivity index (χ0v) is 9.01. The summed E-state index contributed by atoms with van der Waals surface area (Å²) in [6.07, 6.45) is 0.751. The predicted molar refractivity (Wildman–Crippen MR) is 49.9 cm³/mol. The lowest BCUT2D eigenvalue weighted by molar-refractivity contribution is -0.122. The molecule has 0 spiro atoms. The summed E-state index contributed by atoms with van der Waals surface area (Å²) in [7, 11) is -2.62. The average molecular weight is 205 g/mol. The molecule has 0 aromatic heterocycles. The maximum absolute atomic E-state index is 11.3. The van der Waals surface area contributed by atoms with E-state index in [2.05, 4.69) is 0 Å². The molecule has 4 nitrogen and oxygen atoms in total. The fourth-order valence-electron chi connectivity index (χ4n) is 2.01. The van der Waals surface area contributed by atoms with Gasteiger partial charge >= 0.3 is 0 Å². The lowest BCUT2D eigenvalue weighted by Crippen LogP contribution is -2.41. The van der Waals surface area contributed by atoms with Gasteiger partial charge in [-0.1, -0.05) is 13.8 Å². The van der Waals surface area contributed by atoms with E-state index in [4.69, 9.17) is 0 Å². The summed E-state index contributed by atoms with van der Waals surface area (Å²) in [5.41, 5.74) is -0.221. The Labute approximate surface area is 80.0 Å². The van der Waals surface area contributed by atoms with Gasteiger partial charge in [0.25, 0.3) is 0 Å². The molecule has 1 fully saturated rings. The second-order valence-electron chi connectivity index (χ2n) is 4.15. The van der Waals surface area contributed by atoms with E-state index >= 15 is 0 Å². The third kappa shape index (κ3) is 1.91. The van der Waals surface area contributed by atoms with Crippen LogP contribution in [0.1, 0.15) is 27.2 Å². The van der Waals surface area contributed by atoms with E-state index in [1.807, 2.05) is 13.8 Å². The van der Waals surface area contributed by atoms with Gasteiger partial charge in [-0.3, -0.25) is 4.79 Å². The van der Waals surface area contributed by atoms with Crippen LogP contribution in [0.25, 0.3) is 0 Å². The van der Waals surface area contributed by atoms with Gasteiger partial charge in [0.05, 0.1) is 6.04 Å². The van der Waals surface area contributed by atoms with Crippen molar-refractivity contribution in [2.24, 2.45) is 5.41 Å². The average Bonchev–Trinajstić information content (AvgIpc) is 2.24. The first kappa shape index (κ1) is 10.7. The largest absolute Gasteiger partial charge is 0.298 e. The van der Waals surface area contributed by atoms with Gasteiger partial charge in [0.2, 0.25) is 10.9 Å². The van der Waals surface area contributed by atoms with Crippen molar-refractivity contribution in [2.75, 3.05) is 6.54 Å². The Hall–Kier alpha value is -0.420. The number of nitrogens with zero attached hydrogens (tertiary/aromatic N) is 1. The number of carbonyl (C=O) groups excluding carboxylic acids is 1. The highest BCUT2D eigenvalue weighted by Gasteiger charge is 2.44. The lowest BCUT2D eigenvalue weighted by Gasteiger charge is -2.26. The molecule has 0 aliphatic carbocycles. The van der Waals surface area contributed by atoms with Crippen LogP contribution in [0, 0.1) is 5.41 Å². The smallest absolute Gasteiger partial charge is 0.204 e. The van der Waals surface area contributed by atoms with Crippen LogP contribution in [0.5, 0.6) is 0 Å². The highest BCUT2D eigenvalue weighted by atomic mass is 32.2. The Balaban J connectivity index is 2.99. The van der Waals surface area contributed by atoms with Crippen LogP contribution in [0.2, 0.25) is 0 Å². The minimum absolute atomic E-state index is 0.0679. The minimum atomic E-state index is -2.62. The van der Waals surface area contributed by atoms with Gasteiger partial charge in [0, 0.05) is 6.54 Å². The van der Waals surface area contributed by atoms with E-state index in [0.29, 0.717) is 6.54 Å². The SMILES string of the molecule is CC(=O)C1N([SH](=O)=O)CCC1(C)C.